The zero-order chi connectivity index (χ0) is 15.9. The van der Waals surface area contributed by atoms with Gasteiger partial charge in [-0.1, -0.05) is 6.92 Å². The molecule has 0 aromatic carbocycles. The average molecular weight is 312 g/mol. The Morgan fingerprint density at radius 3 is 2.62 bits per heavy atom. The highest BCUT2D eigenvalue weighted by molar-refractivity contribution is 5.77. The van der Waals surface area contributed by atoms with E-state index in [4.69, 9.17) is 0 Å². The third-order valence-electron chi connectivity index (χ3n) is 3.38. The molecule has 0 spiro atoms. The van der Waals surface area contributed by atoms with Crippen LogP contribution in [0.5, 0.6) is 0 Å². The molecule has 1 aliphatic rings. The Morgan fingerprint density at radius 1 is 1.43 bits per heavy atom. The molecule has 1 atom stereocenters. The standard InChI is InChI=1S/C13H23F3N2O3/c1-10-2-4-18(5-3-10)7-11(19)6-17-12(20)8-21-9-13(14,15)16/h10-11,19H,2-9H2,1H3,(H,17,20). The van der Waals surface area contributed by atoms with E-state index in [1.165, 1.54) is 0 Å². The number of alkyl halides is 3. The van der Waals surface area contributed by atoms with E-state index in [9.17, 15) is 23.1 Å². The lowest BCUT2D eigenvalue weighted by Crippen LogP contribution is -2.43. The summed E-state index contributed by atoms with van der Waals surface area (Å²) in [4.78, 5) is 13.4. The summed E-state index contributed by atoms with van der Waals surface area (Å²) in [5, 5.41) is 12.2. The van der Waals surface area contributed by atoms with E-state index in [1.807, 2.05) is 0 Å². The van der Waals surface area contributed by atoms with Crippen LogP contribution >= 0.6 is 0 Å². The minimum Gasteiger partial charge on any atom is -0.390 e. The number of amides is 1. The highest BCUT2D eigenvalue weighted by atomic mass is 19.4. The fraction of sp³-hybridized carbons (Fsp3) is 0.923. The maximum Gasteiger partial charge on any atom is 0.411 e. The summed E-state index contributed by atoms with van der Waals surface area (Å²) >= 11 is 0. The maximum atomic E-state index is 11.8. The molecule has 21 heavy (non-hydrogen) atoms. The van der Waals surface area contributed by atoms with Crippen LogP contribution in [0.25, 0.3) is 0 Å². The maximum absolute atomic E-state index is 11.8. The van der Waals surface area contributed by atoms with E-state index in [0.717, 1.165) is 25.9 Å². The molecular formula is C13H23F3N2O3. The number of rotatable bonds is 7. The van der Waals surface area contributed by atoms with E-state index in [1.54, 1.807) is 0 Å². The number of hydrogen-bond acceptors (Lipinski definition) is 4. The summed E-state index contributed by atoms with van der Waals surface area (Å²) < 4.78 is 39.6. The molecule has 1 unspecified atom stereocenters. The number of β-amino-alcohol motifs (C(OH)–C–C–N with tert-alkyl or cyclic N) is 1. The zero-order valence-electron chi connectivity index (χ0n) is 12.2. The topological polar surface area (TPSA) is 61.8 Å². The molecule has 1 aliphatic heterocycles. The van der Waals surface area contributed by atoms with Crippen molar-refractivity contribution in [3.8, 4) is 0 Å². The van der Waals surface area contributed by atoms with Gasteiger partial charge in [-0.25, -0.2) is 0 Å². The highest BCUT2D eigenvalue weighted by Crippen LogP contribution is 2.16. The lowest BCUT2D eigenvalue weighted by Gasteiger charge is -2.31. The van der Waals surface area contributed by atoms with E-state index in [2.05, 4.69) is 21.9 Å². The van der Waals surface area contributed by atoms with E-state index >= 15 is 0 Å². The molecule has 8 heteroatoms. The van der Waals surface area contributed by atoms with Crippen molar-refractivity contribution < 1.29 is 27.8 Å². The Balaban J connectivity index is 2.09. The molecular weight excluding hydrogens is 289 g/mol. The number of ether oxygens (including phenoxy) is 1. The first-order valence-electron chi connectivity index (χ1n) is 7.08. The van der Waals surface area contributed by atoms with E-state index in [-0.39, 0.29) is 6.54 Å². The van der Waals surface area contributed by atoms with Gasteiger partial charge in [-0.2, -0.15) is 13.2 Å². The number of carbonyl (C=O) groups excluding carboxylic acids is 1. The van der Waals surface area contributed by atoms with Gasteiger partial charge in [0.2, 0.25) is 5.91 Å². The summed E-state index contributed by atoms with van der Waals surface area (Å²) in [6.45, 7) is 2.38. The molecule has 1 heterocycles. The van der Waals surface area contributed by atoms with Crippen LogP contribution in [0.2, 0.25) is 0 Å². The minimum absolute atomic E-state index is 0.0142. The van der Waals surface area contributed by atoms with Crippen molar-refractivity contribution in [3.05, 3.63) is 0 Å². The average Bonchev–Trinajstić information content (AvgIpc) is 2.38. The van der Waals surface area contributed by atoms with Crippen LogP contribution in [0.15, 0.2) is 0 Å². The van der Waals surface area contributed by atoms with Crippen molar-refractivity contribution in [2.45, 2.75) is 32.0 Å². The molecule has 1 fully saturated rings. The van der Waals surface area contributed by atoms with Gasteiger partial charge >= 0.3 is 6.18 Å². The Hall–Kier alpha value is -0.860. The molecule has 1 rings (SSSR count). The molecule has 124 valence electrons. The molecule has 2 N–H and O–H groups in total. The van der Waals surface area contributed by atoms with Crippen molar-refractivity contribution in [2.75, 3.05) is 39.4 Å². The number of likely N-dealkylation sites (tertiary alicyclic amines) is 1. The quantitative estimate of drug-likeness (QED) is 0.729. The summed E-state index contributed by atoms with van der Waals surface area (Å²) in [5.41, 5.74) is 0. The molecule has 0 saturated carbocycles. The first-order chi connectivity index (χ1) is 9.76. The Labute approximate surface area is 122 Å². The minimum atomic E-state index is -4.44. The smallest absolute Gasteiger partial charge is 0.390 e. The highest BCUT2D eigenvalue weighted by Gasteiger charge is 2.27. The van der Waals surface area contributed by atoms with Crippen LogP contribution in [0.1, 0.15) is 19.8 Å². The van der Waals surface area contributed by atoms with Crippen molar-refractivity contribution in [1.29, 1.82) is 0 Å². The Bertz CT molecular complexity index is 318. The van der Waals surface area contributed by atoms with Gasteiger partial charge < -0.3 is 20.1 Å². The van der Waals surface area contributed by atoms with E-state index < -0.39 is 31.4 Å². The molecule has 0 aromatic heterocycles. The number of carbonyl (C=O) groups is 1. The largest absolute Gasteiger partial charge is 0.411 e. The lowest BCUT2D eigenvalue weighted by atomic mass is 9.99. The summed E-state index contributed by atoms with van der Waals surface area (Å²) in [6, 6.07) is 0. The van der Waals surface area contributed by atoms with Crippen LogP contribution in [-0.2, 0) is 9.53 Å². The van der Waals surface area contributed by atoms with Gasteiger partial charge in [0.25, 0.3) is 0 Å². The molecule has 0 bridgehead atoms. The monoisotopic (exact) mass is 312 g/mol. The van der Waals surface area contributed by atoms with Crippen LogP contribution in [-0.4, -0.2) is 67.6 Å². The molecule has 1 amide bonds. The zero-order valence-corrected chi connectivity index (χ0v) is 12.2. The third kappa shape index (κ3) is 8.90. The normalized spacial score (nSPS) is 19.5. The van der Waals surface area contributed by atoms with Crippen LogP contribution in [0.3, 0.4) is 0 Å². The van der Waals surface area contributed by atoms with Crippen LogP contribution in [0.4, 0.5) is 13.2 Å². The second-order valence-corrected chi connectivity index (χ2v) is 5.55. The Kier molecular flexibility index (Phi) is 7.41. The number of halogens is 3. The Morgan fingerprint density at radius 2 is 2.05 bits per heavy atom. The first kappa shape index (κ1) is 18.2. The van der Waals surface area contributed by atoms with Gasteiger partial charge in [0.15, 0.2) is 0 Å². The summed E-state index contributed by atoms with van der Waals surface area (Å²) in [5.74, 6) is 0.0365. The number of aliphatic hydroxyl groups excluding tert-OH is 1. The second-order valence-electron chi connectivity index (χ2n) is 5.55. The van der Waals surface area contributed by atoms with E-state index in [0.29, 0.717) is 12.5 Å². The summed E-state index contributed by atoms with van der Waals surface area (Å²) in [7, 11) is 0. The molecule has 0 aliphatic carbocycles. The molecule has 1 saturated heterocycles. The summed E-state index contributed by atoms with van der Waals surface area (Å²) in [6.07, 6.45) is -3.00. The fourth-order valence-corrected chi connectivity index (χ4v) is 2.15. The predicted octanol–water partition coefficient (Wildman–Crippen LogP) is 0.774. The number of piperidine rings is 1. The number of aliphatic hydroxyl groups is 1. The second kappa shape index (κ2) is 8.55. The number of nitrogens with zero attached hydrogens (tertiary/aromatic N) is 1. The SMILES string of the molecule is CC1CCN(CC(O)CNC(=O)COCC(F)(F)F)CC1. The molecule has 5 nitrogen and oxygen atoms in total. The van der Waals surface area contributed by atoms with Gasteiger partial charge in [-0.3, -0.25) is 4.79 Å². The lowest BCUT2D eigenvalue weighted by molar-refractivity contribution is -0.175. The molecule has 0 radical (unpaired) electrons. The van der Waals surface area contributed by atoms with Crippen molar-refractivity contribution in [3.63, 3.8) is 0 Å². The first-order valence-corrected chi connectivity index (χ1v) is 7.08. The van der Waals surface area contributed by atoms with Crippen molar-refractivity contribution in [1.82, 2.24) is 10.2 Å². The van der Waals surface area contributed by atoms with Gasteiger partial charge in [0, 0.05) is 13.1 Å². The fourth-order valence-electron chi connectivity index (χ4n) is 2.15. The van der Waals surface area contributed by atoms with Crippen LogP contribution < -0.4 is 5.32 Å². The molecule has 0 aromatic rings. The van der Waals surface area contributed by atoms with Gasteiger partial charge in [0.1, 0.15) is 13.2 Å². The van der Waals surface area contributed by atoms with Crippen molar-refractivity contribution >= 4 is 5.91 Å². The number of hydrogen-bond donors (Lipinski definition) is 2. The van der Waals surface area contributed by atoms with Gasteiger partial charge in [-0.05, 0) is 31.8 Å². The number of nitrogens with one attached hydrogen (secondary N) is 1. The third-order valence-corrected chi connectivity index (χ3v) is 3.38. The van der Waals surface area contributed by atoms with Gasteiger partial charge in [-0.15, -0.1) is 0 Å². The predicted molar refractivity (Wildman–Crippen MR) is 70.7 cm³/mol. The van der Waals surface area contributed by atoms with Crippen LogP contribution in [0, 0.1) is 5.92 Å². The van der Waals surface area contributed by atoms with Crippen molar-refractivity contribution in [2.24, 2.45) is 5.92 Å². The van der Waals surface area contributed by atoms with Gasteiger partial charge in [0.05, 0.1) is 6.10 Å².